The molecule has 2 saturated heterocycles. The number of rotatable bonds is 3. The molecule has 140 valence electrons. The summed E-state index contributed by atoms with van der Waals surface area (Å²) in [6, 6.07) is 5.35. The second-order valence-corrected chi connectivity index (χ2v) is 7.54. The van der Waals surface area contributed by atoms with Crippen molar-refractivity contribution in [3.63, 3.8) is 0 Å². The highest BCUT2D eigenvalue weighted by Crippen LogP contribution is 2.39. The topological polar surface area (TPSA) is 77.9 Å². The fraction of sp³-hybridized carbons (Fsp3) is 0.526. The Morgan fingerprint density at radius 1 is 1.27 bits per heavy atom. The SMILES string of the molecule is CN1C(=O)CC(C(=O)N2CCCC(C)(C(=O)O)C2)C1c1ccc(F)cc1. The zero-order chi connectivity index (χ0) is 19.1. The molecule has 1 N–H and O–H groups in total. The van der Waals surface area contributed by atoms with Crippen LogP contribution < -0.4 is 0 Å². The van der Waals surface area contributed by atoms with E-state index in [1.165, 1.54) is 17.0 Å². The smallest absolute Gasteiger partial charge is 0.311 e. The van der Waals surface area contributed by atoms with Crippen LogP contribution in [0.25, 0.3) is 0 Å². The Kier molecular flexibility index (Phi) is 4.73. The van der Waals surface area contributed by atoms with Crippen LogP contribution in [0.3, 0.4) is 0 Å². The lowest BCUT2D eigenvalue weighted by atomic mass is 9.81. The zero-order valence-electron chi connectivity index (χ0n) is 14.9. The molecule has 2 heterocycles. The lowest BCUT2D eigenvalue weighted by Gasteiger charge is -2.39. The molecule has 2 fully saturated rings. The van der Waals surface area contributed by atoms with Gasteiger partial charge in [0.25, 0.3) is 0 Å². The van der Waals surface area contributed by atoms with E-state index < -0.39 is 23.3 Å². The van der Waals surface area contributed by atoms with E-state index in [-0.39, 0.29) is 30.6 Å². The fourth-order valence-corrected chi connectivity index (χ4v) is 4.04. The number of hydrogen-bond acceptors (Lipinski definition) is 3. The van der Waals surface area contributed by atoms with Gasteiger partial charge in [0.05, 0.1) is 17.4 Å². The number of benzene rings is 1. The van der Waals surface area contributed by atoms with Crippen LogP contribution in [-0.2, 0) is 14.4 Å². The van der Waals surface area contributed by atoms with Gasteiger partial charge in [-0.1, -0.05) is 12.1 Å². The van der Waals surface area contributed by atoms with Crippen molar-refractivity contribution in [3.05, 3.63) is 35.6 Å². The molecule has 0 aromatic heterocycles. The van der Waals surface area contributed by atoms with Gasteiger partial charge in [0.15, 0.2) is 0 Å². The number of piperidine rings is 1. The minimum Gasteiger partial charge on any atom is -0.481 e. The molecule has 3 unspecified atom stereocenters. The van der Waals surface area contributed by atoms with Crippen LogP contribution >= 0.6 is 0 Å². The minimum atomic E-state index is -0.964. The molecule has 1 aromatic carbocycles. The highest BCUT2D eigenvalue weighted by molar-refractivity contribution is 5.90. The van der Waals surface area contributed by atoms with Crippen molar-refractivity contribution in [2.45, 2.75) is 32.2 Å². The molecule has 0 aliphatic carbocycles. The molecule has 26 heavy (non-hydrogen) atoms. The first kappa shape index (κ1) is 18.4. The van der Waals surface area contributed by atoms with Gasteiger partial charge in [0.1, 0.15) is 5.82 Å². The summed E-state index contributed by atoms with van der Waals surface area (Å²) in [6.45, 7) is 2.29. The number of halogens is 1. The quantitative estimate of drug-likeness (QED) is 0.893. The molecule has 1 aromatic rings. The molecular formula is C19H23FN2O4. The maximum absolute atomic E-state index is 13.2. The molecule has 0 radical (unpaired) electrons. The number of carbonyl (C=O) groups is 3. The van der Waals surface area contributed by atoms with E-state index in [1.807, 2.05) is 0 Å². The van der Waals surface area contributed by atoms with E-state index in [0.29, 0.717) is 24.9 Å². The Balaban J connectivity index is 1.86. The molecule has 3 rings (SSSR count). The maximum atomic E-state index is 13.2. The fourth-order valence-electron chi connectivity index (χ4n) is 4.04. The molecule has 3 atom stereocenters. The van der Waals surface area contributed by atoms with Gasteiger partial charge in [0, 0.05) is 26.6 Å². The number of nitrogens with zero attached hydrogens (tertiary/aromatic N) is 2. The van der Waals surface area contributed by atoms with Crippen LogP contribution in [0.5, 0.6) is 0 Å². The van der Waals surface area contributed by atoms with Crippen molar-refractivity contribution in [2.24, 2.45) is 11.3 Å². The highest BCUT2D eigenvalue weighted by Gasteiger charge is 2.47. The lowest BCUT2D eigenvalue weighted by Crippen LogP contribution is -2.50. The van der Waals surface area contributed by atoms with E-state index in [1.54, 1.807) is 31.0 Å². The van der Waals surface area contributed by atoms with Crippen LogP contribution in [-0.4, -0.2) is 52.8 Å². The van der Waals surface area contributed by atoms with Crippen LogP contribution in [0.1, 0.15) is 37.8 Å². The predicted octanol–water partition coefficient (Wildman–Crippen LogP) is 2.06. The van der Waals surface area contributed by atoms with E-state index >= 15 is 0 Å². The number of amides is 2. The van der Waals surface area contributed by atoms with Gasteiger partial charge >= 0.3 is 5.97 Å². The first-order valence-electron chi connectivity index (χ1n) is 8.76. The van der Waals surface area contributed by atoms with E-state index in [2.05, 4.69) is 0 Å². The lowest BCUT2D eigenvalue weighted by molar-refractivity contribution is -0.154. The van der Waals surface area contributed by atoms with Crippen LogP contribution in [0.2, 0.25) is 0 Å². The average molecular weight is 362 g/mol. The van der Waals surface area contributed by atoms with Gasteiger partial charge in [-0.3, -0.25) is 14.4 Å². The number of hydrogen-bond donors (Lipinski definition) is 1. The van der Waals surface area contributed by atoms with Gasteiger partial charge in [-0.25, -0.2) is 4.39 Å². The number of carboxylic acid groups (broad SMARTS) is 1. The van der Waals surface area contributed by atoms with Crippen LogP contribution in [0, 0.1) is 17.2 Å². The molecule has 2 aliphatic rings. The summed E-state index contributed by atoms with van der Waals surface area (Å²) in [5, 5.41) is 9.47. The van der Waals surface area contributed by atoms with Gasteiger partial charge in [-0.05, 0) is 37.5 Å². The molecule has 0 saturated carbocycles. The van der Waals surface area contributed by atoms with Crippen molar-refractivity contribution in [3.8, 4) is 0 Å². The van der Waals surface area contributed by atoms with E-state index in [4.69, 9.17) is 0 Å². The Morgan fingerprint density at radius 3 is 2.54 bits per heavy atom. The van der Waals surface area contributed by atoms with Crippen molar-refractivity contribution in [2.75, 3.05) is 20.1 Å². The summed E-state index contributed by atoms with van der Waals surface area (Å²) in [6.07, 6.45) is 1.22. The van der Waals surface area contributed by atoms with Crippen LogP contribution in [0.4, 0.5) is 4.39 Å². The third-order valence-corrected chi connectivity index (χ3v) is 5.64. The third kappa shape index (κ3) is 3.18. The summed E-state index contributed by atoms with van der Waals surface area (Å²) in [4.78, 5) is 40.0. The normalized spacial score (nSPS) is 29.1. The summed E-state index contributed by atoms with van der Waals surface area (Å²) >= 11 is 0. The molecule has 0 spiro atoms. The second-order valence-electron chi connectivity index (χ2n) is 7.54. The summed E-state index contributed by atoms with van der Waals surface area (Å²) in [7, 11) is 1.64. The van der Waals surface area contributed by atoms with Crippen molar-refractivity contribution < 1.29 is 23.9 Å². The number of aliphatic carboxylic acids is 1. The summed E-state index contributed by atoms with van der Waals surface area (Å²) in [5.74, 6) is -2.23. The van der Waals surface area contributed by atoms with Gasteiger partial charge < -0.3 is 14.9 Å². The largest absolute Gasteiger partial charge is 0.481 e. The second kappa shape index (κ2) is 6.70. The van der Waals surface area contributed by atoms with E-state index in [9.17, 15) is 23.9 Å². The van der Waals surface area contributed by atoms with Crippen molar-refractivity contribution >= 4 is 17.8 Å². The van der Waals surface area contributed by atoms with Gasteiger partial charge in [-0.2, -0.15) is 0 Å². The third-order valence-electron chi connectivity index (χ3n) is 5.64. The molecular weight excluding hydrogens is 339 g/mol. The first-order valence-corrected chi connectivity index (χ1v) is 8.76. The highest BCUT2D eigenvalue weighted by atomic mass is 19.1. The van der Waals surface area contributed by atoms with Crippen molar-refractivity contribution in [1.82, 2.24) is 9.80 Å². The van der Waals surface area contributed by atoms with Gasteiger partial charge in [-0.15, -0.1) is 0 Å². The average Bonchev–Trinajstić information content (AvgIpc) is 2.90. The molecule has 0 bridgehead atoms. The monoisotopic (exact) mass is 362 g/mol. The Labute approximate surface area is 151 Å². The Morgan fingerprint density at radius 2 is 1.92 bits per heavy atom. The maximum Gasteiger partial charge on any atom is 0.311 e. The van der Waals surface area contributed by atoms with Gasteiger partial charge in [0.2, 0.25) is 11.8 Å². The standard InChI is InChI=1S/C19H23FN2O4/c1-19(18(25)26)8-3-9-22(11-19)17(24)14-10-15(23)21(2)16(14)12-4-6-13(20)7-5-12/h4-7,14,16H,3,8-11H2,1-2H3,(H,25,26). The van der Waals surface area contributed by atoms with Crippen LogP contribution in [0.15, 0.2) is 24.3 Å². The predicted molar refractivity (Wildman–Crippen MR) is 91.6 cm³/mol. The molecule has 7 heteroatoms. The molecule has 2 aliphatic heterocycles. The van der Waals surface area contributed by atoms with Crippen molar-refractivity contribution in [1.29, 1.82) is 0 Å². The number of likely N-dealkylation sites (tertiary alicyclic amines) is 2. The van der Waals surface area contributed by atoms with E-state index in [0.717, 1.165) is 0 Å². The first-order chi connectivity index (χ1) is 12.2. The Hall–Kier alpha value is -2.44. The number of carbonyl (C=O) groups excluding carboxylic acids is 2. The summed E-state index contributed by atoms with van der Waals surface area (Å²) < 4.78 is 13.2. The minimum absolute atomic E-state index is 0.0810. The molecule has 6 nitrogen and oxygen atoms in total. The number of carboxylic acids is 1. The zero-order valence-corrected chi connectivity index (χ0v) is 14.9. The summed E-state index contributed by atoms with van der Waals surface area (Å²) in [5.41, 5.74) is -0.260. The Bertz CT molecular complexity index is 736. The molecule has 2 amide bonds.